The predicted molar refractivity (Wildman–Crippen MR) is 73.6 cm³/mol. The number of H-pyrrole nitrogens is 1. The van der Waals surface area contributed by atoms with Crippen molar-refractivity contribution in [3.63, 3.8) is 0 Å². The third-order valence-corrected chi connectivity index (χ3v) is 3.84. The third kappa shape index (κ3) is 2.55. The number of nitrogens with zero attached hydrogens (tertiary/aromatic N) is 2. The maximum atomic E-state index is 10.8. The fourth-order valence-electron chi connectivity index (χ4n) is 2.70. The molecule has 4 nitrogen and oxygen atoms in total. The van der Waals surface area contributed by atoms with Gasteiger partial charge in [0.15, 0.2) is 0 Å². The number of aromatic amines is 1. The number of rotatable bonds is 3. The number of β-amino-alcohol motifs (C(OH)–C–C–N with tert-alkyl or cyclic N) is 1. The largest absolute Gasteiger partial charge is 0.384 e. The quantitative estimate of drug-likeness (QED) is 0.881. The van der Waals surface area contributed by atoms with E-state index in [9.17, 15) is 5.11 Å². The molecule has 1 aromatic carbocycles. The highest BCUT2D eigenvalue weighted by Gasteiger charge is 2.37. The smallest absolute Gasteiger partial charge is 0.120 e. The molecule has 1 atom stereocenters. The third-order valence-electron chi connectivity index (χ3n) is 3.84. The lowest BCUT2D eigenvalue weighted by Gasteiger charge is -2.24. The maximum Gasteiger partial charge on any atom is 0.120 e. The number of hydrogen-bond donors (Lipinski definition) is 2. The SMILES string of the molecule is Cc1ccc([C@]2(O)CCN(Cc3ncc[nH]3)C2)cc1. The molecule has 1 aliphatic heterocycles. The molecule has 19 heavy (non-hydrogen) atoms. The zero-order valence-corrected chi connectivity index (χ0v) is 11.1. The van der Waals surface area contributed by atoms with Gasteiger partial charge in [0.1, 0.15) is 11.4 Å². The number of benzene rings is 1. The molecule has 100 valence electrons. The number of likely N-dealkylation sites (tertiary alicyclic amines) is 1. The van der Waals surface area contributed by atoms with Crippen LogP contribution in [-0.2, 0) is 12.1 Å². The molecule has 1 fully saturated rings. The Bertz CT molecular complexity index is 535. The minimum Gasteiger partial charge on any atom is -0.384 e. The van der Waals surface area contributed by atoms with Crippen molar-refractivity contribution in [3.8, 4) is 0 Å². The van der Waals surface area contributed by atoms with E-state index in [1.54, 1.807) is 6.20 Å². The fourth-order valence-corrected chi connectivity index (χ4v) is 2.70. The van der Waals surface area contributed by atoms with Crippen LogP contribution in [0.2, 0.25) is 0 Å². The van der Waals surface area contributed by atoms with Crippen molar-refractivity contribution in [2.24, 2.45) is 0 Å². The van der Waals surface area contributed by atoms with Crippen LogP contribution in [0.1, 0.15) is 23.4 Å². The summed E-state index contributed by atoms with van der Waals surface area (Å²) < 4.78 is 0. The van der Waals surface area contributed by atoms with Crippen molar-refractivity contribution in [3.05, 3.63) is 53.6 Å². The molecular formula is C15H19N3O. The molecule has 4 heteroatoms. The second kappa shape index (κ2) is 4.79. The summed E-state index contributed by atoms with van der Waals surface area (Å²) in [4.78, 5) is 9.57. The van der Waals surface area contributed by atoms with Crippen LogP contribution in [0.25, 0.3) is 0 Å². The summed E-state index contributed by atoms with van der Waals surface area (Å²) in [5.74, 6) is 0.952. The van der Waals surface area contributed by atoms with Gasteiger partial charge in [-0.05, 0) is 18.9 Å². The number of aryl methyl sites for hydroxylation is 1. The van der Waals surface area contributed by atoms with Gasteiger partial charge in [-0.1, -0.05) is 29.8 Å². The van der Waals surface area contributed by atoms with Gasteiger partial charge in [0.25, 0.3) is 0 Å². The van der Waals surface area contributed by atoms with Gasteiger partial charge in [0.05, 0.1) is 6.54 Å². The van der Waals surface area contributed by atoms with Gasteiger partial charge in [-0.25, -0.2) is 4.98 Å². The monoisotopic (exact) mass is 257 g/mol. The highest BCUT2D eigenvalue weighted by Crippen LogP contribution is 2.32. The van der Waals surface area contributed by atoms with Gasteiger partial charge in [-0.15, -0.1) is 0 Å². The van der Waals surface area contributed by atoms with Crippen molar-refractivity contribution < 1.29 is 5.11 Å². The minimum atomic E-state index is -0.722. The van der Waals surface area contributed by atoms with Gasteiger partial charge < -0.3 is 10.1 Å². The Balaban J connectivity index is 1.71. The molecule has 2 heterocycles. The lowest BCUT2D eigenvalue weighted by Crippen LogP contribution is -2.30. The predicted octanol–water partition coefficient (Wildman–Crippen LogP) is 1.81. The van der Waals surface area contributed by atoms with E-state index in [0.29, 0.717) is 6.54 Å². The molecule has 0 aliphatic carbocycles. The van der Waals surface area contributed by atoms with Crippen molar-refractivity contribution in [2.45, 2.75) is 25.5 Å². The van der Waals surface area contributed by atoms with Crippen LogP contribution in [0.4, 0.5) is 0 Å². The van der Waals surface area contributed by atoms with Crippen LogP contribution in [0.15, 0.2) is 36.7 Å². The van der Waals surface area contributed by atoms with Crippen molar-refractivity contribution >= 4 is 0 Å². The van der Waals surface area contributed by atoms with E-state index < -0.39 is 5.60 Å². The second-order valence-electron chi connectivity index (χ2n) is 5.39. The molecule has 1 aromatic heterocycles. The van der Waals surface area contributed by atoms with Gasteiger partial charge in [-0.2, -0.15) is 0 Å². The average molecular weight is 257 g/mol. The Morgan fingerprint density at radius 2 is 2.16 bits per heavy atom. The summed E-state index contributed by atoms with van der Waals surface area (Å²) >= 11 is 0. The van der Waals surface area contributed by atoms with E-state index in [1.807, 2.05) is 18.3 Å². The summed E-state index contributed by atoms with van der Waals surface area (Å²) in [6, 6.07) is 8.18. The number of hydrogen-bond acceptors (Lipinski definition) is 3. The van der Waals surface area contributed by atoms with Crippen LogP contribution < -0.4 is 0 Å². The van der Waals surface area contributed by atoms with E-state index in [-0.39, 0.29) is 0 Å². The van der Waals surface area contributed by atoms with Gasteiger partial charge in [0, 0.05) is 25.5 Å². The summed E-state index contributed by atoms with van der Waals surface area (Å²) in [6.07, 6.45) is 4.37. The van der Waals surface area contributed by atoms with Crippen LogP contribution in [0.5, 0.6) is 0 Å². The first-order chi connectivity index (χ1) is 9.16. The van der Waals surface area contributed by atoms with Crippen LogP contribution in [0, 0.1) is 6.92 Å². The first kappa shape index (κ1) is 12.4. The standard InChI is InChI=1S/C15H19N3O/c1-12-2-4-13(5-3-12)15(19)6-9-18(11-15)10-14-16-7-8-17-14/h2-5,7-8,19H,6,9-11H2,1H3,(H,16,17)/t15-/m0/s1. The van der Waals surface area contributed by atoms with E-state index in [1.165, 1.54) is 5.56 Å². The molecule has 0 amide bonds. The number of nitrogens with one attached hydrogen (secondary N) is 1. The molecule has 0 radical (unpaired) electrons. The van der Waals surface area contributed by atoms with Crippen molar-refractivity contribution in [2.75, 3.05) is 13.1 Å². The summed E-state index contributed by atoms with van der Waals surface area (Å²) in [6.45, 7) is 4.38. The van der Waals surface area contributed by atoms with Crippen molar-refractivity contribution in [1.82, 2.24) is 14.9 Å². The number of aliphatic hydroxyl groups is 1. The number of imidazole rings is 1. The Morgan fingerprint density at radius 3 is 2.84 bits per heavy atom. The first-order valence-corrected chi connectivity index (χ1v) is 6.66. The topological polar surface area (TPSA) is 52.1 Å². The van der Waals surface area contributed by atoms with Crippen LogP contribution in [0.3, 0.4) is 0 Å². The Kier molecular flexibility index (Phi) is 3.12. The highest BCUT2D eigenvalue weighted by atomic mass is 16.3. The lowest BCUT2D eigenvalue weighted by molar-refractivity contribution is 0.0450. The summed E-state index contributed by atoms with van der Waals surface area (Å²) in [5.41, 5.74) is 1.51. The van der Waals surface area contributed by atoms with Crippen LogP contribution >= 0.6 is 0 Å². The zero-order chi connectivity index (χ0) is 13.3. The molecule has 2 aromatic rings. The Hall–Kier alpha value is -1.65. The number of aromatic nitrogens is 2. The Morgan fingerprint density at radius 1 is 1.37 bits per heavy atom. The van der Waals surface area contributed by atoms with Gasteiger partial charge in [0.2, 0.25) is 0 Å². The Labute approximate surface area is 113 Å². The molecule has 2 N–H and O–H groups in total. The molecule has 3 rings (SSSR count). The highest BCUT2D eigenvalue weighted by molar-refractivity contribution is 5.28. The van der Waals surface area contributed by atoms with Gasteiger partial charge in [-0.3, -0.25) is 4.90 Å². The molecule has 1 aliphatic rings. The molecule has 0 unspecified atom stereocenters. The zero-order valence-electron chi connectivity index (χ0n) is 11.1. The summed E-state index contributed by atoms with van der Waals surface area (Å²) in [7, 11) is 0. The molecule has 0 spiro atoms. The van der Waals surface area contributed by atoms with Crippen molar-refractivity contribution in [1.29, 1.82) is 0 Å². The van der Waals surface area contributed by atoms with Gasteiger partial charge >= 0.3 is 0 Å². The molecule has 0 bridgehead atoms. The molecular weight excluding hydrogens is 238 g/mol. The molecule has 1 saturated heterocycles. The van der Waals surface area contributed by atoms with Crippen LogP contribution in [-0.4, -0.2) is 33.1 Å². The van der Waals surface area contributed by atoms with E-state index >= 15 is 0 Å². The summed E-state index contributed by atoms with van der Waals surface area (Å²) in [5, 5.41) is 10.8. The first-order valence-electron chi connectivity index (χ1n) is 6.66. The van der Waals surface area contributed by atoms with E-state index in [4.69, 9.17) is 0 Å². The second-order valence-corrected chi connectivity index (χ2v) is 5.39. The normalized spacial score (nSPS) is 23.9. The minimum absolute atomic E-state index is 0.663. The lowest BCUT2D eigenvalue weighted by atomic mass is 9.92. The maximum absolute atomic E-state index is 10.8. The fraction of sp³-hybridized carbons (Fsp3) is 0.400. The van der Waals surface area contributed by atoms with E-state index in [0.717, 1.165) is 30.9 Å². The molecule has 0 saturated carbocycles. The van der Waals surface area contributed by atoms with E-state index in [2.05, 4.69) is 33.9 Å². The average Bonchev–Trinajstić information content (AvgIpc) is 3.02.